The zero-order chi connectivity index (χ0) is 22.0. The molecule has 0 aliphatic heterocycles. The van der Waals surface area contributed by atoms with Gasteiger partial charge in [-0.2, -0.15) is 5.10 Å². The van der Waals surface area contributed by atoms with Crippen LogP contribution in [0.15, 0.2) is 72.9 Å². The fraction of sp³-hybridized carbons (Fsp3) is 0.154. The first-order chi connectivity index (χ1) is 15.0. The van der Waals surface area contributed by atoms with Crippen LogP contribution in [0.1, 0.15) is 27.0 Å². The smallest absolute Gasteiger partial charge is 0.200 e. The molecule has 0 saturated carbocycles. The third-order valence-corrected chi connectivity index (χ3v) is 5.46. The number of carbonyl (C=O) groups is 1. The number of hydrogen-bond acceptors (Lipinski definition) is 4. The van der Waals surface area contributed by atoms with Gasteiger partial charge in [-0.1, -0.05) is 30.3 Å². The summed E-state index contributed by atoms with van der Waals surface area (Å²) in [7, 11) is 3.18. The Morgan fingerprint density at radius 2 is 1.48 bits per heavy atom. The summed E-state index contributed by atoms with van der Waals surface area (Å²) in [4.78, 5) is 13.6. The van der Waals surface area contributed by atoms with Crippen molar-refractivity contribution in [2.45, 2.75) is 13.8 Å². The van der Waals surface area contributed by atoms with E-state index in [0.29, 0.717) is 28.3 Å². The summed E-state index contributed by atoms with van der Waals surface area (Å²) >= 11 is 0. The molecule has 0 aliphatic carbocycles. The average molecular weight is 412 g/mol. The number of para-hydroxylation sites is 2. The number of aromatic nitrogens is 2. The van der Waals surface area contributed by atoms with E-state index >= 15 is 0 Å². The first-order valence-corrected chi connectivity index (χ1v) is 10.0. The highest BCUT2D eigenvalue weighted by atomic mass is 16.5. The van der Waals surface area contributed by atoms with Gasteiger partial charge in [0, 0.05) is 5.56 Å². The van der Waals surface area contributed by atoms with Crippen molar-refractivity contribution in [2.24, 2.45) is 0 Å². The van der Waals surface area contributed by atoms with Gasteiger partial charge in [0.25, 0.3) is 0 Å². The first-order valence-electron chi connectivity index (χ1n) is 10.0. The van der Waals surface area contributed by atoms with Crippen molar-refractivity contribution < 1.29 is 14.3 Å². The van der Waals surface area contributed by atoms with E-state index in [0.717, 1.165) is 16.8 Å². The highest BCUT2D eigenvalue weighted by Gasteiger charge is 2.25. The summed E-state index contributed by atoms with van der Waals surface area (Å²) in [5, 5.41) is 4.61. The van der Waals surface area contributed by atoms with Gasteiger partial charge in [-0.25, -0.2) is 4.68 Å². The lowest BCUT2D eigenvalue weighted by atomic mass is 9.98. The van der Waals surface area contributed by atoms with Crippen LogP contribution in [0.25, 0.3) is 16.9 Å². The van der Waals surface area contributed by atoms with Gasteiger partial charge in [-0.05, 0) is 61.4 Å². The van der Waals surface area contributed by atoms with Crippen LogP contribution in [0.2, 0.25) is 0 Å². The number of nitrogens with zero attached hydrogens (tertiary/aromatic N) is 2. The van der Waals surface area contributed by atoms with E-state index in [4.69, 9.17) is 9.47 Å². The van der Waals surface area contributed by atoms with Crippen molar-refractivity contribution in [3.8, 4) is 28.4 Å². The Labute approximate surface area is 181 Å². The Morgan fingerprint density at radius 1 is 0.806 bits per heavy atom. The molecule has 0 aliphatic rings. The molecule has 0 radical (unpaired) electrons. The standard InChI is InChI=1S/C26H24N2O3/c1-17-13-14-19(15-18(17)2)28-25(20-9-5-7-11-23(20)30-3)22(16-27-28)26(29)21-10-6-8-12-24(21)31-4/h5-16H,1-4H3. The Kier molecular flexibility index (Phi) is 5.58. The molecular formula is C26H24N2O3. The number of carbonyl (C=O) groups excluding carboxylic acids is 1. The maximum absolute atomic E-state index is 13.6. The minimum absolute atomic E-state index is 0.159. The quantitative estimate of drug-likeness (QED) is 0.398. The van der Waals surface area contributed by atoms with Crippen molar-refractivity contribution >= 4 is 5.78 Å². The molecule has 1 heterocycles. The minimum Gasteiger partial charge on any atom is -0.496 e. The van der Waals surface area contributed by atoms with Crippen LogP contribution in [-0.4, -0.2) is 29.8 Å². The Balaban J connectivity index is 1.97. The van der Waals surface area contributed by atoms with Crippen molar-refractivity contribution in [1.82, 2.24) is 9.78 Å². The van der Waals surface area contributed by atoms with E-state index in [1.54, 1.807) is 37.2 Å². The molecule has 0 bridgehead atoms. The number of ketones is 1. The topological polar surface area (TPSA) is 53.3 Å². The number of rotatable bonds is 6. The zero-order valence-electron chi connectivity index (χ0n) is 18.0. The zero-order valence-corrected chi connectivity index (χ0v) is 18.0. The minimum atomic E-state index is -0.159. The third-order valence-electron chi connectivity index (χ3n) is 5.46. The summed E-state index contributed by atoms with van der Waals surface area (Å²) in [5.74, 6) is 1.04. The van der Waals surface area contributed by atoms with Crippen LogP contribution in [0, 0.1) is 13.8 Å². The predicted octanol–water partition coefficient (Wildman–Crippen LogP) is 5.40. The van der Waals surface area contributed by atoms with E-state index in [-0.39, 0.29) is 5.78 Å². The van der Waals surface area contributed by atoms with E-state index < -0.39 is 0 Å². The van der Waals surface area contributed by atoms with E-state index in [2.05, 4.69) is 31.1 Å². The summed E-state index contributed by atoms with van der Waals surface area (Å²) in [6.07, 6.45) is 1.62. The second kappa shape index (κ2) is 8.48. The monoisotopic (exact) mass is 412 g/mol. The summed E-state index contributed by atoms with van der Waals surface area (Å²) in [6, 6.07) is 21.0. The van der Waals surface area contributed by atoms with Crippen molar-refractivity contribution in [1.29, 1.82) is 0 Å². The van der Waals surface area contributed by atoms with Crippen LogP contribution in [0.4, 0.5) is 0 Å². The summed E-state index contributed by atoms with van der Waals surface area (Å²) < 4.78 is 12.8. The Morgan fingerprint density at radius 3 is 2.19 bits per heavy atom. The molecule has 0 saturated heterocycles. The molecule has 5 heteroatoms. The predicted molar refractivity (Wildman–Crippen MR) is 121 cm³/mol. The molecule has 0 fully saturated rings. The van der Waals surface area contributed by atoms with Gasteiger partial charge in [-0.15, -0.1) is 0 Å². The van der Waals surface area contributed by atoms with Gasteiger partial charge in [0.05, 0.1) is 42.9 Å². The number of benzene rings is 3. The number of hydrogen-bond donors (Lipinski definition) is 0. The molecule has 3 aromatic carbocycles. The number of aryl methyl sites for hydroxylation is 2. The van der Waals surface area contributed by atoms with Crippen LogP contribution >= 0.6 is 0 Å². The van der Waals surface area contributed by atoms with Crippen molar-refractivity contribution in [2.75, 3.05) is 14.2 Å². The van der Waals surface area contributed by atoms with Crippen LogP contribution < -0.4 is 9.47 Å². The van der Waals surface area contributed by atoms with Crippen LogP contribution in [0.3, 0.4) is 0 Å². The van der Waals surface area contributed by atoms with E-state index in [1.165, 1.54) is 5.56 Å². The lowest BCUT2D eigenvalue weighted by Crippen LogP contribution is -2.07. The highest BCUT2D eigenvalue weighted by molar-refractivity contribution is 6.14. The lowest BCUT2D eigenvalue weighted by molar-refractivity contribution is 0.103. The molecule has 0 N–H and O–H groups in total. The van der Waals surface area contributed by atoms with Gasteiger partial charge in [0.1, 0.15) is 11.5 Å². The molecule has 31 heavy (non-hydrogen) atoms. The largest absolute Gasteiger partial charge is 0.496 e. The fourth-order valence-electron chi connectivity index (χ4n) is 3.64. The third kappa shape index (κ3) is 3.70. The van der Waals surface area contributed by atoms with Crippen molar-refractivity contribution in [3.63, 3.8) is 0 Å². The molecule has 0 unspecified atom stereocenters. The van der Waals surface area contributed by atoms with Gasteiger partial charge >= 0.3 is 0 Å². The average Bonchev–Trinajstić information content (AvgIpc) is 3.25. The lowest BCUT2D eigenvalue weighted by Gasteiger charge is -2.14. The maximum Gasteiger partial charge on any atom is 0.200 e. The SMILES string of the molecule is COc1ccccc1C(=O)c1cnn(-c2ccc(C)c(C)c2)c1-c1ccccc1OC. The molecule has 4 rings (SSSR count). The van der Waals surface area contributed by atoms with E-state index in [9.17, 15) is 4.79 Å². The molecular weight excluding hydrogens is 388 g/mol. The maximum atomic E-state index is 13.6. The van der Waals surface area contributed by atoms with Crippen LogP contribution in [0.5, 0.6) is 11.5 Å². The summed E-state index contributed by atoms with van der Waals surface area (Å²) in [5.41, 5.74) is 5.66. The fourth-order valence-corrected chi connectivity index (χ4v) is 3.64. The molecule has 156 valence electrons. The Hall–Kier alpha value is -3.86. The summed E-state index contributed by atoms with van der Waals surface area (Å²) in [6.45, 7) is 4.13. The van der Waals surface area contributed by atoms with Crippen molar-refractivity contribution in [3.05, 3.63) is 95.2 Å². The normalized spacial score (nSPS) is 10.7. The number of ether oxygens (including phenoxy) is 2. The Bertz CT molecular complexity index is 1260. The van der Waals surface area contributed by atoms with Gasteiger partial charge in [0.2, 0.25) is 5.78 Å². The molecule has 0 atom stereocenters. The van der Waals surface area contributed by atoms with Gasteiger partial charge in [-0.3, -0.25) is 4.79 Å². The second-order valence-electron chi connectivity index (χ2n) is 7.32. The molecule has 1 aromatic heterocycles. The molecule has 0 amide bonds. The first kappa shape index (κ1) is 20.4. The molecule has 0 spiro atoms. The van der Waals surface area contributed by atoms with Gasteiger partial charge in [0.15, 0.2) is 0 Å². The molecule has 5 nitrogen and oxygen atoms in total. The van der Waals surface area contributed by atoms with Crippen LogP contribution in [-0.2, 0) is 0 Å². The van der Waals surface area contributed by atoms with Gasteiger partial charge < -0.3 is 9.47 Å². The second-order valence-corrected chi connectivity index (χ2v) is 7.32. The molecule has 4 aromatic rings. The highest BCUT2D eigenvalue weighted by Crippen LogP contribution is 2.36. The van der Waals surface area contributed by atoms with E-state index in [1.807, 2.05) is 42.5 Å². The number of methoxy groups -OCH3 is 2.